The van der Waals surface area contributed by atoms with Crippen LogP contribution >= 0.6 is 0 Å². The summed E-state index contributed by atoms with van der Waals surface area (Å²) in [7, 11) is 0. The molecule has 7 heteroatoms. The lowest BCUT2D eigenvalue weighted by atomic mass is 9.98. The minimum absolute atomic E-state index is 0.0617. The number of aliphatic imine (C=N–C) groups is 1. The smallest absolute Gasteiger partial charge is 0.224 e. The number of hydrogen-bond donors (Lipinski definition) is 5. The van der Waals surface area contributed by atoms with Gasteiger partial charge in [-0.05, 0) is 36.8 Å². The van der Waals surface area contributed by atoms with E-state index in [1.54, 1.807) is 42.5 Å². The zero-order valence-corrected chi connectivity index (χ0v) is 14.5. The fourth-order valence-corrected chi connectivity index (χ4v) is 2.43. The number of nitrogens with one attached hydrogen (secondary N) is 3. The van der Waals surface area contributed by atoms with Crippen LogP contribution in [0.15, 0.2) is 47.5 Å². The van der Waals surface area contributed by atoms with E-state index in [1.165, 1.54) is 0 Å². The lowest BCUT2D eigenvalue weighted by Crippen LogP contribution is -2.15. The Morgan fingerprint density at radius 1 is 1.23 bits per heavy atom. The van der Waals surface area contributed by atoms with Crippen molar-refractivity contribution in [2.45, 2.75) is 19.8 Å². The van der Waals surface area contributed by atoms with Crippen molar-refractivity contribution in [1.29, 1.82) is 10.8 Å². The Morgan fingerprint density at radius 3 is 2.69 bits per heavy atom. The molecule has 0 aliphatic rings. The van der Waals surface area contributed by atoms with E-state index in [9.17, 15) is 4.79 Å². The van der Waals surface area contributed by atoms with Crippen molar-refractivity contribution in [3.8, 4) is 0 Å². The summed E-state index contributed by atoms with van der Waals surface area (Å²) >= 11 is 0. The predicted octanol–water partition coefficient (Wildman–Crippen LogP) is 2.74. The Morgan fingerprint density at radius 2 is 2.00 bits per heavy atom. The maximum absolute atomic E-state index is 11.8. The molecule has 0 aliphatic heterocycles. The molecule has 0 aliphatic carbocycles. The topological polar surface area (TPSA) is 141 Å². The van der Waals surface area contributed by atoms with Gasteiger partial charge in [0.1, 0.15) is 12.2 Å². The first-order valence-electron chi connectivity index (χ1n) is 8.17. The lowest BCUT2D eigenvalue weighted by Gasteiger charge is -2.12. The van der Waals surface area contributed by atoms with Crippen LogP contribution in [0, 0.1) is 10.8 Å². The molecule has 134 valence electrons. The van der Waals surface area contributed by atoms with E-state index in [0.717, 1.165) is 12.8 Å². The van der Waals surface area contributed by atoms with E-state index >= 15 is 0 Å². The van der Waals surface area contributed by atoms with Crippen LogP contribution in [0.25, 0.3) is 0 Å². The SMILES string of the molecule is CCCC(=O)Nc1cccc(C(=N)c2cc(C(N)=NC=N)ccc2N)c1. The summed E-state index contributed by atoms with van der Waals surface area (Å²) in [5.74, 6) is 0.114. The molecule has 0 saturated heterocycles. The highest BCUT2D eigenvalue weighted by atomic mass is 16.1. The van der Waals surface area contributed by atoms with E-state index < -0.39 is 0 Å². The number of amides is 1. The first kappa shape index (κ1) is 18.9. The third-order valence-corrected chi connectivity index (χ3v) is 3.73. The second-order valence-electron chi connectivity index (χ2n) is 5.70. The average Bonchev–Trinajstić information content (AvgIpc) is 2.62. The zero-order valence-electron chi connectivity index (χ0n) is 14.5. The number of amidine groups is 1. The number of nitrogens with two attached hydrogens (primary N) is 2. The third kappa shape index (κ3) is 4.54. The van der Waals surface area contributed by atoms with Crippen LogP contribution in [0.4, 0.5) is 11.4 Å². The largest absolute Gasteiger partial charge is 0.398 e. The number of anilines is 2. The summed E-state index contributed by atoms with van der Waals surface area (Å²) in [5.41, 5.74) is 14.8. The van der Waals surface area contributed by atoms with Crippen LogP contribution in [-0.2, 0) is 4.79 Å². The predicted molar refractivity (Wildman–Crippen MR) is 106 cm³/mol. The Balaban J connectivity index is 2.34. The molecule has 0 fully saturated rings. The summed E-state index contributed by atoms with van der Waals surface area (Å²) in [6.07, 6.45) is 2.07. The van der Waals surface area contributed by atoms with Gasteiger partial charge in [-0.3, -0.25) is 15.6 Å². The van der Waals surface area contributed by atoms with Gasteiger partial charge in [0, 0.05) is 34.5 Å². The summed E-state index contributed by atoms with van der Waals surface area (Å²) in [6, 6.07) is 12.1. The minimum Gasteiger partial charge on any atom is -0.398 e. The Hall–Kier alpha value is -3.48. The molecule has 7 nitrogen and oxygen atoms in total. The Bertz CT molecular complexity index is 872. The average molecular weight is 350 g/mol. The molecule has 0 heterocycles. The number of carbonyl (C=O) groups is 1. The lowest BCUT2D eigenvalue weighted by molar-refractivity contribution is -0.116. The normalized spacial score (nSPS) is 11.0. The number of nitrogen functional groups attached to an aromatic ring is 1. The highest BCUT2D eigenvalue weighted by Crippen LogP contribution is 2.21. The van der Waals surface area contributed by atoms with Crippen molar-refractivity contribution in [3.63, 3.8) is 0 Å². The zero-order chi connectivity index (χ0) is 19.1. The molecule has 2 aromatic rings. The van der Waals surface area contributed by atoms with Crippen LogP contribution in [-0.4, -0.2) is 23.8 Å². The Kier molecular flexibility index (Phi) is 6.21. The number of nitrogens with zero attached hydrogens (tertiary/aromatic N) is 1. The minimum atomic E-state index is -0.0617. The summed E-state index contributed by atoms with van der Waals surface area (Å²) in [5, 5.41) is 18.3. The monoisotopic (exact) mass is 350 g/mol. The van der Waals surface area contributed by atoms with Crippen molar-refractivity contribution >= 4 is 35.2 Å². The van der Waals surface area contributed by atoms with E-state index in [4.69, 9.17) is 22.3 Å². The second kappa shape index (κ2) is 8.57. The van der Waals surface area contributed by atoms with E-state index in [1.807, 2.05) is 6.92 Å². The molecular weight excluding hydrogens is 328 g/mol. The summed E-state index contributed by atoms with van der Waals surface area (Å²) in [4.78, 5) is 15.5. The van der Waals surface area contributed by atoms with E-state index in [2.05, 4.69) is 10.3 Å². The maximum atomic E-state index is 11.8. The summed E-state index contributed by atoms with van der Waals surface area (Å²) < 4.78 is 0. The Labute approximate surface area is 152 Å². The molecule has 0 aromatic heterocycles. The van der Waals surface area contributed by atoms with Gasteiger partial charge in [0.25, 0.3) is 0 Å². The van der Waals surface area contributed by atoms with Gasteiger partial charge in [-0.15, -0.1) is 0 Å². The van der Waals surface area contributed by atoms with Gasteiger partial charge in [0.2, 0.25) is 5.91 Å². The van der Waals surface area contributed by atoms with Crippen molar-refractivity contribution in [2.75, 3.05) is 11.1 Å². The van der Waals surface area contributed by atoms with Crippen LogP contribution in [0.1, 0.15) is 36.5 Å². The van der Waals surface area contributed by atoms with Crippen molar-refractivity contribution < 1.29 is 4.79 Å². The molecule has 0 saturated carbocycles. The van der Waals surface area contributed by atoms with Crippen molar-refractivity contribution in [2.24, 2.45) is 10.7 Å². The molecule has 0 atom stereocenters. The van der Waals surface area contributed by atoms with Crippen LogP contribution < -0.4 is 16.8 Å². The summed E-state index contributed by atoms with van der Waals surface area (Å²) in [6.45, 7) is 1.94. The molecule has 1 amide bonds. The van der Waals surface area contributed by atoms with Crippen LogP contribution in [0.2, 0.25) is 0 Å². The fraction of sp³-hybridized carbons (Fsp3) is 0.158. The maximum Gasteiger partial charge on any atom is 0.224 e. The van der Waals surface area contributed by atoms with Gasteiger partial charge < -0.3 is 16.8 Å². The molecule has 26 heavy (non-hydrogen) atoms. The second-order valence-corrected chi connectivity index (χ2v) is 5.70. The van der Waals surface area contributed by atoms with Crippen molar-refractivity contribution in [1.82, 2.24) is 0 Å². The van der Waals surface area contributed by atoms with E-state index in [0.29, 0.717) is 34.5 Å². The quantitative estimate of drug-likeness (QED) is 0.298. The number of hydrogen-bond acceptors (Lipinski definition) is 4. The first-order valence-corrected chi connectivity index (χ1v) is 8.17. The molecule has 0 unspecified atom stereocenters. The van der Waals surface area contributed by atoms with Gasteiger partial charge in [-0.1, -0.05) is 19.1 Å². The molecular formula is C19H22N6O. The number of rotatable bonds is 7. The molecule has 2 aromatic carbocycles. The number of carbonyl (C=O) groups excluding carboxylic acids is 1. The molecule has 0 spiro atoms. The third-order valence-electron chi connectivity index (χ3n) is 3.73. The van der Waals surface area contributed by atoms with Gasteiger partial charge in [0.15, 0.2) is 0 Å². The van der Waals surface area contributed by atoms with Gasteiger partial charge in [0.05, 0.1) is 5.71 Å². The van der Waals surface area contributed by atoms with Crippen molar-refractivity contribution in [3.05, 3.63) is 59.2 Å². The highest BCUT2D eigenvalue weighted by molar-refractivity contribution is 6.15. The van der Waals surface area contributed by atoms with Crippen LogP contribution in [0.3, 0.4) is 0 Å². The van der Waals surface area contributed by atoms with E-state index in [-0.39, 0.29) is 17.5 Å². The fourth-order valence-electron chi connectivity index (χ4n) is 2.43. The standard InChI is InChI=1S/C19H22N6O/c1-2-4-17(26)25-14-6-3-5-12(9-14)18(22)15-10-13(7-8-16(15)21)19(23)24-11-20/h3,5-11,22H,2,4,21H2,1H3,(H,25,26)(H3,20,23,24). The molecule has 0 bridgehead atoms. The highest BCUT2D eigenvalue weighted by Gasteiger charge is 2.12. The van der Waals surface area contributed by atoms with Crippen LogP contribution in [0.5, 0.6) is 0 Å². The molecule has 2 rings (SSSR count). The molecule has 7 N–H and O–H groups in total. The van der Waals surface area contributed by atoms with Gasteiger partial charge >= 0.3 is 0 Å². The first-order chi connectivity index (χ1) is 12.5. The number of benzene rings is 2. The van der Waals surface area contributed by atoms with Gasteiger partial charge in [-0.2, -0.15) is 0 Å². The van der Waals surface area contributed by atoms with Gasteiger partial charge in [-0.25, -0.2) is 4.99 Å². The molecule has 0 radical (unpaired) electrons.